The van der Waals surface area contributed by atoms with Crippen molar-refractivity contribution in [2.75, 3.05) is 4.72 Å². The summed E-state index contributed by atoms with van der Waals surface area (Å²) >= 11 is 5.91. The van der Waals surface area contributed by atoms with Crippen molar-refractivity contribution in [2.45, 2.75) is 31.1 Å². The van der Waals surface area contributed by atoms with E-state index in [1.165, 1.54) is 11.8 Å². The Morgan fingerprint density at radius 1 is 1.30 bits per heavy atom. The minimum absolute atomic E-state index is 0.0677. The van der Waals surface area contributed by atoms with E-state index in [0.717, 1.165) is 4.90 Å². The summed E-state index contributed by atoms with van der Waals surface area (Å²) in [5.74, 6) is 2.97. The van der Waals surface area contributed by atoms with Crippen LogP contribution in [0, 0.1) is 0 Å². The van der Waals surface area contributed by atoms with Gasteiger partial charge in [-0.1, -0.05) is 61.0 Å². The average molecular weight is 351 g/mol. The highest BCUT2D eigenvalue weighted by Crippen LogP contribution is 2.31. The topological polar surface area (TPSA) is 62.2 Å². The van der Waals surface area contributed by atoms with Crippen molar-refractivity contribution in [3.05, 3.63) is 52.8 Å². The van der Waals surface area contributed by atoms with Crippen LogP contribution in [0.1, 0.15) is 36.8 Å². The number of halogens is 1. The van der Waals surface area contributed by atoms with E-state index in [4.69, 9.17) is 11.6 Å². The Morgan fingerprint density at radius 2 is 1.91 bits per heavy atom. The number of nitrogens with zero attached hydrogens (tertiary/aromatic N) is 1. The van der Waals surface area contributed by atoms with Crippen LogP contribution in [0.5, 0.6) is 0 Å². The summed E-state index contributed by atoms with van der Waals surface area (Å²) < 4.78 is 3.10. The molecule has 1 aromatic carbocycles. The summed E-state index contributed by atoms with van der Waals surface area (Å²) in [7, 11) is -0.617. The molecule has 0 amide bonds. The molecular formula is C17H19ClN2O2S. The van der Waals surface area contributed by atoms with Crippen LogP contribution < -0.4 is 4.72 Å². The van der Waals surface area contributed by atoms with Crippen LogP contribution in [0.2, 0.25) is 5.02 Å². The molecule has 0 spiro atoms. The van der Waals surface area contributed by atoms with E-state index < -0.39 is 16.6 Å². The van der Waals surface area contributed by atoms with E-state index in [1.54, 1.807) is 6.07 Å². The lowest BCUT2D eigenvalue weighted by Gasteiger charge is -2.20. The summed E-state index contributed by atoms with van der Waals surface area (Å²) in [5.41, 5.74) is 1.61. The molecule has 1 atom stereocenters. The first-order valence-electron chi connectivity index (χ1n) is 6.98. The maximum absolute atomic E-state index is 11.2. The van der Waals surface area contributed by atoms with Crippen LogP contribution in [0.25, 0.3) is 0 Å². The number of rotatable bonds is 4. The molecule has 2 aromatic rings. The Labute approximate surface area is 143 Å². The molecule has 0 aliphatic heterocycles. The Balaban J connectivity index is 2.26. The molecular weight excluding hydrogens is 332 g/mol. The van der Waals surface area contributed by atoms with Crippen molar-refractivity contribution in [1.82, 2.24) is 4.98 Å². The van der Waals surface area contributed by atoms with Crippen LogP contribution in [0.15, 0.2) is 41.4 Å². The van der Waals surface area contributed by atoms with Gasteiger partial charge in [-0.25, -0.2) is 9.78 Å². The lowest BCUT2D eigenvalue weighted by Crippen LogP contribution is -2.10. The van der Waals surface area contributed by atoms with Crippen LogP contribution in [-0.4, -0.2) is 21.9 Å². The van der Waals surface area contributed by atoms with Gasteiger partial charge in [-0.05, 0) is 29.2 Å². The highest BCUT2D eigenvalue weighted by atomic mass is 35.5. The Morgan fingerprint density at radius 3 is 2.43 bits per heavy atom. The van der Waals surface area contributed by atoms with E-state index in [-0.39, 0.29) is 11.1 Å². The third kappa shape index (κ3) is 4.33. The van der Waals surface area contributed by atoms with Crippen molar-refractivity contribution in [1.29, 1.82) is 0 Å². The van der Waals surface area contributed by atoms with Crippen LogP contribution in [-0.2, 0) is 5.41 Å². The second-order valence-corrected chi connectivity index (χ2v) is 8.02. The molecule has 1 unspecified atom stereocenters. The largest absolute Gasteiger partial charge is 0.476 e. The molecule has 4 nitrogen and oxygen atoms in total. The van der Waals surface area contributed by atoms with Gasteiger partial charge in [0.2, 0.25) is 0 Å². The number of carboxylic acid groups (broad SMARTS) is 1. The molecule has 122 valence electrons. The maximum atomic E-state index is 11.2. The molecule has 2 N–H and O–H groups in total. The number of anilines is 1. The molecule has 23 heavy (non-hydrogen) atoms. The zero-order valence-corrected chi connectivity index (χ0v) is 14.8. The minimum Gasteiger partial charge on any atom is -0.476 e. The molecule has 0 saturated heterocycles. The minimum atomic E-state index is -1.11. The lowest BCUT2D eigenvalue weighted by atomic mass is 9.87. The van der Waals surface area contributed by atoms with Gasteiger partial charge in [0.15, 0.2) is 5.69 Å². The number of hydrogen-bond acceptors (Lipinski definition) is 3. The zero-order valence-electron chi connectivity index (χ0n) is 13.3. The molecule has 0 fully saturated rings. The van der Waals surface area contributed by atoms with Crippen LogP contribution >= 0.6 is 22.3 Å². The van der Waals surface area contributed by atoms with E-state index >= 15 is 0 Å². The SMILES string of the molecule is C=S(Nc1cc(Cl)cnc1C(=O)O)c1ccc(C(C)(C)C)cc1. The van der Waals surface area contributed by atoms with Gasteiger partial charge in [0.25, 0.3) is 0 Å². The van der Waals surface area contributed by atoms with E-state index in [0.29, 0.717) is 10.7 Å². The van der Waals surface area contributed by atoms with Crippen molar-refractivity contribution in [3.8, 4) is 0 Å². The van der Waals surface area contributed by atoms with E-state index in [2.05, 4.69) is 48.5 Å². The van der Waals surface area contributed by atoms with Gasteiger partial charge in [0, 0.05) is 11.1 Å². The number of nitrogens with one attached hydrogen (secondary N) is 1. The fourth-order valence-corrected chi connectivity index (χ4v) is 3.16. The molecule has 0 aliphatic carbocycles. The molecule has 0 radical (unpaired) electrons. The first-order valence-corrected chi connectivity index (χ1v) is 8.75. The van der Waals surface area contributed by atoms with Crippen LogP contribution in [0.4, 0.5) is 5.69 Å². The monoisotopic (exact) mass is 350 g/mol. The van der Waals surface area contributed by atoms with Gasteiger partial charge in [0.05, 0.1) is 10.7 Å². The van der Waals surface area contributed by atoms with Gasteiger partial charge in [-0.3, -0.25) is 0 Å². The first-order chi connectivity index (χ1) is 10.7. The lowest BCUT2D eigenvalue weighted by molar-refractivity contribution is 0.0692. The van der Waals surface area contributed by atoms with Crippen molar-refractivity contribution in [3.63, 3.8) is 0 Å². The highest BCUT2D eigenvalue weighted by molar-refractivity contribution is 8.15. The number of benzene rings is 1. The number of aromatic nitrogens is 1. The third-order valence-corrected chi connectivity index (χ3v) is 4.81. The van der Waals surface area contributed by atoms with Gasteiger partial charge < -0.3 is 9.83 Å². The average Bonchev–Trinajstić information content (AvgIpc) is 2.46. The number of hydrogen-bond donors (Lipinski definition) is 2. The van der Waals surface area contributed by atoms with E-state index in [9.17, 15) is 9.90 Å². The summed E-state index contributed by atoms with van der Waals surface area (Å²) in [6, 6.07) is 9.68. The zero-order chi connectivity index (χ0) is 17.2. The molecule has 0 saturated carbocycles. The second-order valence-electron chi connectivity index (χ2n) is 6.12. The van der Waals surface area contributed by atoms with Crippen molar-refractivity contribution in [2.24, 2.45) is 0 Å². The summed E-state index contributed by atoms with van der Waals surface area (Å²) in [4.78, 5) is 16.1. The number of carbonyl (C=O) groups is 1. The van der Waals surface area contributed by atoms with Crippen molar-refractivity contribution < 1.29 is 9.90 Å². The third-order valence-electron chi connectivity index (χ3n) is 3.29. The van der Waals surface area contributed by atoms with Gasteiger partial charge in [-0.2, -0.15) is 0 Å². The molecule has 2 rings (SSSR count). The predicted octanol–water partition coefficient (Wildman–Crippen LogP) is 4.82. The summed E-state index contributed by atoms with van der Waals surface area (Å²) in [6.45, 7) is 6.46. The molecule has 0 aliphatic rings. The fourth-order valence-electron chi connectivity index (χ4n) is 2.00. The molecule has 1 heterocycles. The number of aromatic carboxylic acids is 1. The number of carboxylic acids is 1. The summed E-state index contributed by atoms with van der Waals surface area (Å²) in [5, 5.41) is 9.58. The molecule has 1 aromatic heterocycles. The van der Waals surface area contributed by atoms with Gasteiger partial charge in [0.1, 0.15) is 0 Å². The second kappa shape index (κ2) is 6.72. The van der Waals surface area contributed by atoms with E-state index in [1.807, 2.05) is 12.1 Å². The Kier molecular flexibility index (Phi) is 5.12. The fraction of sp³-hybridized carbons (Fsp3) is 0.235. The quantitative estimate of drug-likeness (QED) is 0.776. The first kappa shape index (κ1) is 17.5. The predicted molar refractivity (Wildman–Crippen MR) is 97.9 cm³/mol. The molecule has 0 bridgehead atoms. The normalized spacial score (nSPS) is 12.7. The molecule has 6 heteroatoms. The maximum Gasteiger partial charge on any atom is 0.356 e. The smallest absolute Gasteiger partial charge is 0.356 e. The Hall–Kier alpha value is -1.85. The number of pyridine rings is 1. The Bertz CT molecular complexity index is 752. The van der Waals surface area contributed by atoms with Gasteiger partial charge in [-0.15, -0.1) is 0 Å². The standard InChI is InChI=1S/C17H19ClN2O2S/c1-17(2,3)11-5-7-13(8-6-11)23(4)20-14-9-12(18)10-19-15(14)16(21)22/h5-10,20H,4H2,1-3H3,(H,21,22). The summed E-state index contributed by atoms with van der Waals surface area (Å²) in [6.07, 6.45) is 1.32. The van der Waals surface area contributed by atoms with Crippen molar-refractivity contribution >= 4 is 39.8 Å². The highest BCUT2D eigenvalue weighted by Gasteiger charge is 2.15. The van der Waals surface area contributed by atoms with Gasteiger partial charge >= 0.3 is 5.97 Å². The van der Waals surface area contributed by atoms with Crippen LogP contribution in [0.3, 0.4) is 0 Å².